The molecule has 0 bridgehead atoms. The highest BCUT2D eigenvalue weighted by atomic mass is 35.5. The first-order valence-corrected chi connectivity index (χ1v) is 7.84. The van der Waals surface area contributed by atoms with Gasteiger partial charge in [-0.1, -0.05) is 55.8 Å². The van der Waals surface area contributed by atoms with Crippen LogP contribution >= 0.6 is 11.6 Å². The lowest BCUT2D eigenvalue weighted by Gasteiger charge is -2.17. The number of benzene rings is 1. The first-order valence-electron chi connectivity index (χ1n) is 7.46. The van der Waals surface area contributed by atoms with Crippen molar-refractivity contribution in [2.45, 2.75) is 27.2 Å². The Morgan fingerprint density at radius 1 is 1.05 bits per heavy atom. The van der Waals surface area contributed by atoms with Crippen molar-refractivity contribution in [1.82, 2.24) is 14.9 Å². The summed E-state index contributed by atoms with van der Waals surface area (Å²) in [6, 6.07) is 10.1. The number of halogens is 1. The van der Waals surface area contributed by atoms with Crippen LogP contribution in [0, 0.1) is 6.92 Å². The molecule has 0 atom stereocenters. The molecule has 112 valence electrons. The molecule has 0 fully saturated rings. The van der Waals surface area contributed by atoms with E-state index in [1.807, 2.05) is 25.1 Å². The van der Waals surface area contributed by atoms with Gasteiger partial charge in [0.2, 0.25) is 0 Å². The van der Waals surface area contributed by atoms with Gasteiger partial charge in [0.15, 0.2) is 0 Å². The van der Waals surface area contributed by atoms with E-state index in [0.29, 0.717) is 5.15 Å². The highest BCUT2D eigenvalue weighted by Crippen LogP contribution is 2.25. The minimum absolute atomic E-state index is 0.554. The average molecular weight is 304 g/mol. The van der Waals surface area contributed by atoms with Crippen molar-refractivity contribution in [1.29, 1.82) is 0 Å². The average Bonchev–Trinajstić information content (AvgIpc) is 2.52. The smallest absolute Gasteiger partial charge is 0.136 e. The molecule has 0 spiro atoms. The van der Waals surface area contributed by atoms with Crippen LogP contribution in [0.4, 0.5) is 0 Å². The van der Waals surface area contributed by atoms with E-state index in [9.17, 15) is 0 Å². The summed E-state index contributed by atoms with van der Waals surface area (Å²) in [5.41, 5.74) is 2.96. The zero-order chi connectivity index (χ0) is 15.2. The van der Waals surface area contributed by atoms with Gasteiger partial charge in [0.25, 0.3) is 0 Å². The summed E-state index contributed by atoms with van der Waals surface area (Å²) < 4.78 is 0. The molecular formula is C17H22ClN3. The molecule has 0 unspecified atom stereocenters. The molecule has 1 aromatic heterocycles. The van der Waals surface area contributed by atoms with Crippen molar-refractivity contribution in [3.05, 3.63) is 46.9 Å². The second kappa shape index (κ2) is 7.53. The maximum absolute atomic E-state index is 6.29. The summed E-state index contributed by atoms with van der Waals surface area (Å²) in [6.45, 7) is 9.35. The number of rotatable bonds is 6. The van der Waals surface area contributed by atoms with Crippen molar-refractivity contribution >= 4 is 11.6 Å². The van der Waals surface area contributed by atoms with Crippen molar-refractivity contribution in [3.63, 3.8) is 0 Å². The minimum Gasteiger partial charge on any atom is -0.303 e. The van der Waals surface area contributed by atoms with Gasteiger partial charge in [-0.2, -0.15) is 0 Å². The lowest BCUT2D eigenvalue weighted by molar-refractivity contribution is 0.306. The number of nitrogens with zero attached hydrogens (tertiary/aromatic N) is 3. The molecule has 0 aliphatic rings. The molecule has 21 heavy (non-hydrogen) atoms. The molecule has 3 nitrogen and oxygen atoms in total. The van der Waals surface area contributed by atoms with E-state index in [1.54, 1.807) is 0 Å². The molecule has 2 aromatic rings. The van der Waals surface area contributed by atoms with E-state index in [1.165, 1.54) is 0 Å². The van der Waals surface area contributed by atoms with Crippen LogP contribution < -0.4 is 0 Å². The maximum Gasteiger partial charge on any atom is 0.136 e. The Labute approximate surface area is 132 Å². The van der Waals surface area contributed by atoms with Crippen molar-refractivity contribution < 1.29 is 0 Å². The molecule has 0 aliphatic carbocycles. The van der Waals surface area contributed by atoms with Crippen LogP contribution in [0.2, 0.25) is 5.15 Å². The van der Waals surface area contributed by atoms with Gasteiger partial charge in [-0.25, -0.2) is 9.97 Å². The van der Waals surface area contributed by atoms with Gasteiger partial charge in [0, 0.05) is 24.1 Å². The Morgan fingerprint density at radius 3 is 2.33 bits per heavy atom. The van der Waals surface area contributed by atoms with Gasteiger partial charge in [-0.15, -0.1) is 0 Å². The number of hydrogen-bond acceptors (Lipinski definition) is 3. The van der Waals surface area contributed by atoms with Crippen LogP contribution in [0.5, 0.6) is 0 Å². The Bertz CT molecular complexity index is 580. The Hall–Kier alpha value is -1.45. The highest BCUT2D eigenvalue weighted by molar-refractivity contribution is 6.30. The third kappa shape index (κ3) is 4.02. The molecule has 0 saturated heterocycles. The second-order valence-electron chi connectivity index (χ2n) is 5.05. The molecule has 0 amide bonds. The SMILES string of the molecule is CCN(CC)CCc1nc(Cl)c(C)c(-c2ccccc2)n1. The topological polar surface area (TPSA) is 29.0 Å². The van der Waals surface area contributed by atoms with Gasteiger partial charge in [-0.05, 0) is 20.0 Å². The predicted molar refractivity (Wildman–Crippen MR) is 88.7 cm³/mol. The van der Waals surface area contributed by atoms with Gasteiger partial charge in [0.05, 0.1) is 5.69 Å². The molecule has 0 aliphatic heterocycles. The zero-order valence-corrected chi connectivity index (χ0v) is 13.7. The summed E-state index contributed by atoms with van der Waals surface area (Å²) in [5, 5.41) is 0.554. The van der Waals surface area contributed by atoms with E-state index in [0.717, 1.165) is 48.7 Å². The van der Waals surface area contributed by atoms with Gasteiger partial charge < -0.3 is 4.90 Å². The third-order valence-electron chi connectivity index (χ3n) is 3.73. The molecule has 0 saturated carbocycles. The molecule has 1 heterocycles. The summed E-state index contributed by atoms with van der Waals surface area (Å²) in [5.74, 6) is 0.816. The monoisotopic (exact) mass is 303 g/mol. The fourth-order valence-electron chi connectivity index (χ4n) is 2.32. The normalized spacial score (nSPS) is 11.1. The zero-order valence-electron chi connectivity index (χ0n) is 12.9. The molecule has 0 radical (unpaired) electrons. The van der Waals surface area contributed by atoms with Crippen LogP contribution in [0.1, 0.15) is 25.2 Å². The van der Waals surface area contributed by atoms with E-state index in [2.05, 4.69) is 35.9 Å². The summed E-state index contributed by atoms with van der Waals surface area (Å²) in [7, 11) is 0. The minimum atomic E-state index is 0.554. The quantitative estimate of drug-likeness (QED) is 0.756. The van der Waals surface area contributed by atoms with E-state index < -0.39 is 0 Å². The lowest BCUT2D eigenvalue weighted by Crippen LogP contribution is -2.26. The summed E-state index contributed by atoms with van der Waals surface area (Å²) in [6.07, 6.45) is 0.821. The van der Waals surface area contributed by atoms with Gasteiger partial charge in [-0.3, -0.25) is 0 Å². The van der Waals surface area contributed by atoms with E-state index in [-0.39, 0.29) is 0 Å². The van der Waals surface area contributed by atoms with Gasteiger partial charge >= 0.3 is 0 Å². The second-order valence-corrected chi connectivity index (χ2v) is 5.41. The van der Waals surface area contributed by atoms with Crippen molar-refractivity contribution in [3.8, 4) is 11.3 Å². The first kappa shape index (κ1) is 15.9. The van der Waals surface area contributed by atoms with Crippen LogP contribution in [0.25, 0.3) is 11.3 Å². The molecule has 0 N–H and O–H groups in total. The van der Waals surface area contributed by atoms with Crippen molar-refractivity contribution in [2.24, 2.45) is 0 Å². The maximum atomic E-state index is 6.29. The van der Waals surface area contributed by atoms with Crippen LogP contribution in [-0.4, -0.2) is 34.5 Å². The van der Waals surface area contributed by atoms with Crippen LogP contribution in [0.3, 0.4) is 0 Å². The van der Waals surface area contributed by atoms with Crippen LogP contribution in [-0.2, 0) is 6.42 Å². The fraction of sp³-hybridized carbons (Fsp3) is 0.412. The standard InChI is InChI=1S/C17H22ClN3/c1-4-21(5-2)12-11-15-19-16(13(3)17(18)20-15)14-9-7-6-8-10-14/h6-10H,4-5,11-12H2,1-3H3. The summed E-state index contributed by atoms with van der Waals surface area (Å²) >= 11 is 6.29. The van der Waals surface area contributed by atoms with E-state index >= 15 is 0 Å². The molecule has 1 aromatic carbocycles. The number of hydrogen-bond donors (Lipinski definition) is 0. The Morgan fingerprint density at radius 2 is 1.71 bits per heavy atom. The number of likely N-dealkylation sites (N-methyl/N-ethyl adjacent to an activating group) is 1. The summed E-state index contributed by atoms with van der Waals surface area (Å²) in [4.78, 5) is 11.5. The predicted octanol–water partition coefficient (Wildman–Crippen LogP) is 3.99. The molecule has 4 heteroatoms. The fourth-order valence-corrected chi connectivity index (χ4v) is 2.51. The van der Waals surface area contributed by atoms with Crippen LogP contribution in [0.15, 0.2) is 30.3 Å². The Balaban J connectivity index is 2.27. The third-order valence-corrected chi connectivity index (χ3v) is 4.09. The van der Waals surface area contributed by atoms with Crippen molar-refractivity contribution in [2.75, 3.05) is 19.6 Å². The Kier molecular flexibility index (Phi) is 5.71. The molecular weight excluding hydrogens is 282 g/mol. The lowest BCUT2D eigenvalue weighted by atomic mass is 10.1. The number of aromatic nitrogens is 2. The van der Waals surface area contributed by atoms with Gasteiger partial charge in [0.1, 0.15) is 11.0 Å². The highest BCUT2D eigenvalue weighted by Gasteiger charge is 2.11. The largest absolute Gasteiger partial charge is 0.303 e. The van der Waals surface area contributed by atoms with E-state index in [4.69, 9.17) is 16.6 Å². The molecule has 2 rings (SSSR count). The first-order chi connectivity index (χ1) is 10.2.